The van der Waals surface area contributed by atoms with E-state index in [0.29, 0.717) is 30.2 Å². The number of carbonyl (C=O) groups is 1. The van der Waals surface area contributed by atoms with Crippen molar-refractivity contribution in [1.82, 2.24) is 19.8 Å². The summed E-state index contributed by atoms with van der Waals surface area (Å²) >= 11 is 0. The van der Waals surface area contributed by atoms with E-state index in [1.165, 1.54) is 10.6 Å². The third-order valence-corrected chi connectivity index (χ3v) is 4.90. The summed E-state index contributed by atoms with van der Waals surface area (Å²) < 4.78 is 41.1. The first-order valence-electron chi connectivity index (χ1n) is 8.78. The number of nitrogens with zero attached hydrogens (tertiary/aromatic N) is 3. The Bertz CT molecular complexity index is 815. The number of carbonyl (C=O) groups excluding carboxylic acids is 1. The molecule has 1 aliphatic heterocycles. The number of nitrogens with one attached hydrogen (secondary N) is 1. The number of piperidine rings is 1. The summed E-state index contributed by atoms with van der Waals surface area (Å²) in [7, 11) is 1.90. The number of fused-ring (bicyclic) bond motifs is 1. The van der Waals surface area contributed by atoms with Crippen molar-refractivity contribution in [2.24, 2.45) is 0 Å². The first-order chi connectivity index (χ1) is 12.2. The van der Waals surface area contributed by atoms with Gasteiger partial charge in [-0.3, -0.25) is 4.79 Å². The van der Waals surface area contributed by atoms with Gasteiger partial charge in [0.25, 0.3) is 5.91 Å². The molecule has 10 heteroatoms. The number of aromatic nitrogens is 2. The van der Waals surface area contributed by atoms with Crippen LogP contribution in [0.25, 0.3) is 11.0 Å². The third kappa shape index (κ3) is 4.72. The average molecular weight is 441 g/mol. The summed E-state index contributed by atoms with van der Waals surface area (Å²) in [5.74, 6) is -1.09. The number of hydrogen-bond donors (Lipinski definition) is 1. The van der Waals surface area contributed by atoms with Gasteiger partial charge in [0.05, 0.1) is 11.0 Å². The minimum absolute atomic E-state index is 0. The topological polar surface area (TPSA) is 50.2 Å². The molecule has 1 aliphatic rings. The summed E-state index contributed by atoms with van der Waals surface area (Å²) in [6.07, 6.45) is -2.81. The van der Waals surface area contributed by atoms with E-state index in [-0.39, 0.29) is 36.2 Å². The number of hydrogen-bond acceptors (Lipinski definition) is 3. The lowest BCUT2D eigenvalue weighted by Gasteiger charge is -2.31. The van der Waals surface area contributed by atoms with Crippen LogP contribution in [0.2, 0.25) is 0 Å². The van der Waals surface area contributed by atoms with Gasteiger partial charge in [-0.25, -0.2) is 4.98 Å². The van der Waals surface area contributed by atoms with Gasteiger partial charge < -0.3 is 14.8 Å². The van der Waals surface area contributed by atoms with Crippen LogP contribution in [-0.2, 0) is 6.18 Å². The lowest BCUT2D eigenvalue weighted by Crippen LogP contribution is -2.43. The molecule has 1 aromatic carbocycles. The predicted octanol–water partition coefficient (Wildman–Crippen LogP) is 4.30. The van der Waals surface area contributed by atoms with Crippen LogP contribution in [0.4, 0.5) is 13.2 Å². The zero-order valence-corrected chi connectivity index (χ0v) is 17.5. The Morgan fingerprint density at radius 3 is 2.32 bits per heavy atom. The lowest BCUT2D eigenvalue weighted by molar-refractivity contribution is -0.147. The van der Waals surface area contributed by atoms with Crippen LogP contribution in [0.1, 0.15) is 48.9 Å². The highest BCUT2D eigenvalue weighted by molar-refractivity contribution is 5.97. The quantitative estimate of drug-likeness (QED) is 0.773. The Balaban J connectivity index is 0.00000196. The van der Waals surface area contributed by atoms with E-state index in [0.717, 1.165) is 12.8 Å². The first-order valence-corrected chi connectivity index (χ1v) is 8.78. The van der Waals surface area contributed by atoms with E-state index in [9.17, 15) is 18.0 Å². The second kappa shape index (κ2) is 9.33. The second-order valence-corrected chi connectivity index (χ2v) is 6.96. The van der Waals surface area contributed by atoms with Crippen LogP contribution < -0.4 is 5.32 Å². The van der Waals surface area contributed by atoms with Gasteiger partial charge in [0, 0.05) is 30.7 Å². The maximum atomic E-state index is 13.3. The number of alkyl halides is 3. The van der Waals surface area contributed by atoms with Crippen LogP contribution >= 0.6 is 24.8 Å². The molecule has 1 aromatic heterocycles. The van der Waals surface area contributed by atoms with Gasteiger partial charge in [-0.2, -0.15) is 13.2 Å². The number of benzene rings is 1. The van der Waals surface area contributed by atoms with Crippen molar-refractivity contribution in [2.75, 3.05) is 20.1 Å². The smallest absolute Gasteiger partial charge is 0.339 e. The molecule has 158 valence electrons. The number of amides is 1. The second-order valence-electron chi connectivity index (χ2n) is 6.96. The van der Waals surface area contributed by atoms with Crippen LogP contribution in [0.3, 0.4) is 0 Å². The Morgan fingerprint density at radius 1 is 1.21 bits per heavy atom. The third-order valence-electron chi connectivity index (χ3n) is 4.90. The molecular weight excluding hydrogens is 416 g/mol. The van der Waals surface area contributed by atoms with Gasteiger partial charge >= 0.3 is 6.18 Å². The van der Waals surface area contributed by atoms with Gasteiger partial charge in [0.2, 0.25) is 5.82 Å². The highest BCUT2D eigenvalue weighted by atomic mass is 35.5. The molecule has 0 radical (unpaired) electrons. The molecule has 0 saturated carbocycles. The van der Waals surface area contributed by atoms with E-state index in [2.05, 4.69) is 10.3 Å². The minimum Gasteiger partial charge on any atom is -0.339 e. The van der Waals surface area contributed by atoms with Crippen molar-refractivity contribution < 1.29 is 18.0 Å². The van der Waals surface area contributed by atoms with Crippen molar-refractivity contribution >= 4 is 41.8 Å². The molecule has 2 heterocycles. The molecule has 0 unspecified atom stereocenters. The van der Waals surface area contributed by atoms with E-state index in [1.807, 2.05) is 7.05 Å². The Hall–Kier alpha value is -1.51. The van der Waals surface area contributed by atoms with Crippen LogP contribution in [0, 0.1) is 0 Å². The Kier molecular flexibility index (Phi) is 8.17. The van der Waals surface area contributed by atoms with Gasteiger partial charge in [-0.15, -0.1) is 24.8 Å². The van der Waals surface area contributed by atoms with E-state index >= 15 is 0 Å². The molecule has 1 fully saturated rings. The van der Waals surface area contributed by atoms with Crippen LogP contribution in [-0.4, -0.2) is 46.5 Å². The SMILES string of the molecule is CNC1CCN(C(=O)c2ccc3c(c2)nc(C(F)(F)F)n3C(C)C)CC1.Cl.Cl. The molecule has 0 spiro atoms. The number of halogens is 5. The van der Waals surface area contributed by atoms with Crippen molar-refractivity contribution in [3.63, 3.8) is 0 Å². The maximum Gasteiger partial charge on any atom is 0.449 e. The highest BCUT2D eigenvalue weighted by Crippen LogP contribution is 2.34. The Morgan fingerprint density at radius 2 is 1.82 bits per heavy atom. The summed E-state index contributed by atoms with van der Waals surface area (Å²) in [6, 6.07) is 4.63. The normalized spacial score (nSPS) is 15.5. The van der Waals surface area contributed by atoms with E-state index in [4.69, 9.17) is 0 Å². The van der Waals surface area contributed by atoms with E-state index < -0.39 is 18.0 Å². The van der Waals surface area contributed by atoms with Crippen molar-refractivity contribution in [3.05, 3.63) is 29.6 Å². The van der Waals surface area contributed by atoms with Crippen molar-refractivity contribution in [1.29, 1.82) is 0 Å². The molecule has 3 rings (SSSR count). The molecule has 1 N–H and O–H groups in total. The van der Waals surface area contributed by atoms with Gasteiger partial charge in [0.15, 0.2) is 0 Å². The van der Waals surface area contributed by atoms with Gasteiger partial charge in [0.1, 0.15) is 0 Å². The highest BCUT2D eigenvalue weighted by Gasteiger charge is 2.38. The predicted molar refractivity (Wildman–Crippen MR) is 108 cm³/mol. The monoisotopic (exact) mass is 440 g/mol. The molecule has 1 saturated heterocycles. The summed E-state index contributed by atoms with van der Waals surface area (Å²) in [5, 5.41) is 3.20. The number of imidazole rings is 1. The summed E-state index contributed by atoms with van der Waals surface area (Å²) in [4.78, 5) is 18.2. The molecular formula is C18H25Cl2F3N4O. The zero-order valence-electron chi connectivity index (χ0n) is 15.9. The van der Waals surface area contributed by atoms with Crippen LogP contribution in [0.15, 0.2) is 18.2 Å². The molecule has 2 aromatic rings. The van der Waals surface area contributed by atoms with Crippen molar-refractivity contribution in [3.8, 4) is 0 Å². The number of likely N-dealkylation sites (tertiary alicyclic amines) is 1. The molecule has 28 heavy (non-hydrogen) atoms. The summed E-state index contributed by atoms with van der Waals surface area (Å²) in [5.41, 5.74) is 0.960. The molecule has 1 amide bonds. The summed E-state index contributed by atoms with van der Waals surface area (Å²) in [6.45, 7) is 4.63. The van der Waals surface area contributed by atoms with Gasteiger partial charge in [-0.05, 0) is 51.9 Å². The zero-order chi connectivity index (χ0) is 19.1. The molecule has 0 aliphatic carbocycles. The molecule has 0 atom stereocenters. The van der Waals surface area contributed by atoms with Gasteiger partial charge in [-0.1, -0.05) is 0 Å². The fraction of sp³-hybridized carbons (Fsp3) is 0.556. The fourth-order valence-electron chi connectivity index (χ4n) is 3.51. The van der Waals surface area contributed by atoms with Crippen LogP contribution in [0.5, 0.6) is 0 Å². The Labute approximate surface area is 174 Å². The molecule has 5 nitrogen and oxygen atoms in total. The average Bonchev–Trinajstić information content (AvgIpc) is 3.00. The van der Waals surface area contributed by atoms with Crippen molar-refractivity contribution in [2.45, 2.75) is 44.9 Å². The first kappa shape index (κ1) is 24.5. The lowest BCUT2D eigenvalue weighted by atomic mass is 10.0. The maximum absolute atomic E-state index is 13.3. The van der Waals surface area contributed by atoms with E-state index in [1.54, 1.807) is 30.9 Å². The fourth-order valence-corrected chi connectivity index (χ4v) is 3.51. The largest absolute Gasteiger partial charge is 0.449 e. The molecule has 0 bridgehead atoms. The minimum atomic E-state index is -4.54. The standard InChI is InChI=1S/C18H23F3N4O.2ClH/c1-11(2)25-15-5-4-12(10-14(15)23-17(25)18(19,20)21)16(26)24-8-6-13(22-3)7-9-24;;/h4-5,10-11,13,22H,6-9H2,1-3H3;2*1H. The number of rotatable bonds is 3.